The van der Waals surface area contributed by atoms with Gasteiger partial charge in [-0.25, -0.2) is 4.99 Å². The maximum absolute atomic E-state index is 6.15. The lowest BCUT2D eigenvalue weighted by molar-refractivity contribution is 0.136. The van der Waals surface area contributed by atoms with Crippen LogP contribution in [0.4, 0.5) is 0 Å². The van der Waals surface area contributed by atoms with Crippen molar-refractivity contribution in [1.82, 2.24) is 9.80 Å². The Bertz CT molecular complexity index is 271. The zero-order valence-electron chi connectivity index (χ0n) is 11.2. The van der Waals surface area contributed by atoms with Crippen molar-refractivity contribution in [3.8, 4) is 0 Å². The molecule has 0 aromatic carbocycles. The molecule has 1 aliphatic carbocycles. The molecule has 4 heteroatoms. The van der Waals surface area contributed by atoms with Crippen LogP contribution in [0, 0.1) is 0 Å². The summed E-state index contributed by atoms with van der Waals surface area (Å²) < 4.78 is 0. The molecule has 2 aliphatic rings. The largest absolute Gasteiger partial charge is 0.370 e. The van der Waals surface area contributed by atoms with Crippen LogP contribution >= 0.6 is 0 Å². The SMILES string of the molecule is CCC1CN(C(N)=NC2CCCC2)CCN1C. The van der Waals surface area contributed by atoms with E-state index in [0.29, 0.717) is 12.1 Å². The highest BCUT2D eigenvalue weighted by molar-refractivity contribution is 5.78. The lowest BCUT2D eigenvalue weighted by Crippen LogP contribution is -2.55. The highest BCUT2D eigenvalue weighted by atomic mass is 15.3. The minimum absolute atomic E-state index is 0.495. The topological polar surface area (TPSA) is 44.9 Å². The molecule has 1 saturated carbocycles. The number of hydrogen-bond donors (Lipinski definition) is 1. The molecule has 0 amide bonds. The van der Waals surface area contributed by atoms with Crippen molar-refractivity contribution < 1.29 is 0 Å². The number of rotatable bonds is 2. The summed E-state index contributed by atoms with van der Waals surface area (Å²) in [6, 6.07) is 1.12. The van der Waals surface area contributed by atoms with Crippen molar-refractivity contribution in [2.45, 2.75) is 51.1 Å². The lowest BCUT2D eigenvalue weighted by atomic mass is 10.1. The normalized spacial score (nSPS) is 28.9. The number of guanidine groups is 1. The zero-order chi connectivity index (χ0) is 12.3. The second kappa shape index (κ2) is 5.71. The molecule has 17 heavy (non-hydrogen) atoms. The average Bonchev–Trinajstić information content (AvgIpc) is 2.82. The molecule has 2 fully saturated rings. The minimum Gasteiger partial charge on any atom is -0.370 e. The zero-order valence-corrected chi connectivity index (χ0v) is 11.2. The Labute approximate surface area is 105 Å². The minimum atomic E-state index is 0.495. The van der Waals surface area contributed by atoms with Crippen LogP contribution < -0.4 is 5.73 Å². The number of aliphatic imine (C=N–C) groups is 1. The van der Waals surface area contributed by atoms with Gasteiger partial charge in [0.25, 0.3) is 0 Å². The van der Waals surface area contributed by atoms with Gasteiger partial charge in [-0.15, -0.1) is 0 Å². The molecule has 1 atom stereocenters. The summed E-state index contributed by atoms with van der Waals surface area (Å²) in [6.07, 6.45) is 6.28. The fourth-order valence-corrected chi connectivity index (χ4v) is 2.90. The number of likely N-dealkylation sites (N-methyl/N-ethyl adjacent to an activating group) is 1. The van der Waals surface area contributed by atoms with E-state index in [-0.39, 0.29) is 0 Å². The van der Waals surface area contributed by atoms with Crippen LogP contribution in [0.5, 0.6) is 0 Å². The molecule has 0 bridgehead atoms. The molecule has 0 aromatic heterocycles. The van der Waals surface area contributed by atoms with Gasteiger partial charge in [-0.1, -0.05) is 19.8 Å². The first-order valence-corrected chi connectivity index (χ1v) is 6.99. The second-order valence-corrected chi connectivity index (χ2v) is 5.41. The van der Waals surface area contributed by atoms with Gasteiger partial charge < -0.3 is 10.6 Å². The van der Waals surface area contributed by atoms with Crippen molar-refractivity contribution in [3.05, 3.63) is 0 Å². The van der Waals surface area contributed by atoms with E-state index in [9.17, 15) is 0 Å². The van der Waals surface area contributed by atoms with Gasteiger partial charge in [-0.05, 0) is 26.3 Å². The Kier molecular flexibility index (Phi) is 4.26. The van der Waals surface area contributed by atoms with Gasteiger partial charge in [0.15, 0.2) is 5.96 Å². The Morgan fingerprint density at radius 2 is 2.00 bits per heavy atom. The van der Waals surface area contributed by atoms with E-state index in [1.807, 2.05) is 0 Å². The van der Waals surface area contributed by atoms with E-state index < -0.39 is 0 Å². The second-order valence-electron chi connectivity index (χ2n) is 5.41. The fraction of sp³-hybridized carbons (Fsp3) is 0.923. The Morgan fingerprint density at radius 1 is 1.29 bits per heavy atom. The summed E-state index contributed by atoms with van der Waals surface area (Å²) in [5, 5.41) is 0. The lowest BCUT2D eigenvalue weighted by Gasteiger charge is -2.39. The quantitative estimate of drug-likeness (QED) is 0.582. The molecule has 98 valence electrons. The molecule has 2 N–H and O–H groups in total. The smallest absolute Gasteiger partial charge is 0.191 e. The van der Waals surface area contributed by atoms with Crippen molar-refractivity contribution in [2.75, 3.05) is 26.7 Å². The van der Waals surface area contributed by atoms with Crippen LogP contribution in [0.3, 0.4) is 0 Å². The molecule has 1 heterocycles. The van der Waals surface area contributed by atoms with Crippen LogP contribution in [0.2, 0.25) is 0 Å². The van der Waals surface area contributed by atoms with Crippen molar-refractivity contribution >= 4 is 5.96 Å². The van der Waals surface area contributed by atoms with Gasteiger partial charge >= 0.3 is 0 Å². The Morgan fingerprint density at radius 3 is 2.65 bits per heavy atom. The summed E-state index contributed by atoms with van der Waals surface area (Å²) in [5.74, 6) is 0.781. The first-order chi connectivity index (χ1) is 8.20. The highest BCUT2D eigenvalue weighted by Crippen LogP contribution is 2.21. The molecule has 0 radical (unpaired) electrons. The first kappa shape index (κ1) is 12.7. The van der Waals surface area contributed by atoms with E-state index in [1.165, 1.54) is 32.1 Å². The fourth-order valence-electron chi connectivity index (χ4n) is 2.90. The Hall–Kier alpha value is -0.770. The monoisotopic (exact) mass is 238 g/mol. The van der Waals surface area contributed by atoms with Crippen molar-refractivity contribution in [2.24, 2.45) is 10.7 Å². The van der Waals surface area contributed by atoms with Gasteiger partial charge in [0.1, 0.15) is 0 Å². The van der Waals surface area contributed by atoms with Crippen LogP contribution in [0.15, 0.2) is 4.99 Å². The first-order valence-electron chi connectivity index (χ1n) is 6.99. The van der Waals surface area contributed by atoms with Gasteiger partial charge in [0.05, 0.1) is 6.04 Å². The molecular weight excluding hydrogens is 212 g/mol. The summed E-state index contributed by atoms with van der Waals surface area (Å²) in [7, 11) is 2.20. The molecular formula is C13H26N4. The third-order valence-electron chi connectivity index (χ3n) is 4.21. The number of nitrogens with zero attached hydrogens (tertiary/aromatic N) is 3. The Balaban J connectivity index is 1.92. The number of piperazine rings is 1. The third-order valence-corrected chi connectivity index (χ3v) is 4.21. The molecule has 0 aromatic rings. The summed E-state index contributed by atoms with van der Waals surface area (Å²) in [4.78, 5) is 9.40. The molecule has 0 spiro atoms. The molecule has 1 unspecified atom stereocenters. The van der Waals surface area contributed by atoms with E-state index in [2.05, 4.69) is 23.8 Å². The summed E-state index contributed by atoms with van der Waals surface area (Å²) in [5.41, 5.74) is 6.15. The van der Waals surface area contributed by atoms with E-state index in [4.69, 9.17) is 10.7 Å². The summed E-state index contributed by atoms with van der Waals surface area (Å²) >= 11 is 0. The average molecular weight is 238 g/mol. The van der Waals surface area contributed by atoms with Crippen molar-refractivity contribution in [3.63, 3.8) is 0 Å². The molecule has 2 rings (SSSR count). The van der Waals surface area contributed by atoms with Gasteiger partial charge in [0, 0.05) is 25.7 Å². The predicted molar refractivity (Wildman–Crippen MR) is 72.2 cm³/mol. The van der Waals surface area contributed by atoms with Crippen LogP contribution in [-0.2, 0) is 0 Å². The van der Waals surface area contributed by atoms with Crippen LogP contribution in [-0.4, -0.2) is 54.5 Å². The van der Waals surface area contributed by atoms with Crippen LogP contribution in [0.25, 0.3) is 0 Å². The van der Waals surface area contributed by atoms with E-state index in [0.717, 1.165) is 25.6 Å². The number of nitrogens with two attached hydrogens (primary N) is 1. The van der Waals surface area contributed by atoms with Crippen molar-refractivity contribution in [1.29, 1.82) is 0 Å². The van der Waals surface area contributed by atoms with Crippen LogP contribution in [0.1, 0.15) is 39.0 Å². The predicted octanol–water partition coefficient (Wildman–Crippen LogP) is 1.27. The third kappa shape index (κ3) is 3.12. The van der Waals surface area contributed by atoms with E-state index in [1.54, 1.807) is 0 Å². The molecule has 1 saturated heterocycles. The van der Waals surface area contributed by atoms with Gasteiger partial charge in [-0.2, -0.15) is 0 Å². The molecule has 4 nitrogen and oxygen atoms in total. The van der Waals surface area contributed by atoms with Gasteiger partial charge in [0.2, 0.25) is 0 Å². The van der Waals surface area contributed by atoms with E-state index >= 15 is 0 Å². The number of hydrogen-bond acceptors (Lipinski definition) is 2. The molecule has 1 aliphatic heterocycles. The summed E-state index contributed by atoms with van der Waals surface area (Å²) in [6.45, 7) is 5.40. The highest BCUT2D eigenvalue weighted by Gasteiger charge is 2.24. The maximum atomic E-state index is 6.15. The maximum Gasteiger partial charge on any atom is 0.191 e. The standard InChI is InChI=1S/C13H26N4/c1-3-12-10-17(9-8-16(12)2)13(14)15-11-6-4-5-7-11/h11-12H,3-10H2,1-2H3,(H2,14,15). The van der Waals surface area contributed by atoms with Gasteiger partial charge in [-0.3, -0.25) is 4.90 Å².